The Hall–Kier alpha value is -2.44. The third-order valence-corrected chi connectivity index (χ3v) is 5.77. The van der Waals surface area contributed by atoms with Gasteiger partial charge in [-0.25, -0.2) is 4.79 Å². The van der Waals surface area contributed by atoms with Crippen molar-refractivity contribution in [3.05, 3.63) is 101 Å². The molecule has 0 N–H and O–H groups in total. The van der Waals surface area contributed by atoms with Crippen molar-refractivity contribution < 1.29 is 14.3 Å². The van der Waals surface area contributed by atoms with Gasteiger partial charge in [-0.15, -0.1) is 24.8 Å². The summed E-state index contributed by atoms with van der Waals surface area (Å²) in [6.45, 7) is 2.35. The topological polar surface area (TPSA) is 51.7 Å². The highest BCUT2D eigenvalue weighted by Gasteiger charge is 2.33. The summed E-state index contributed by atoms with van der Waals surface area (Å²) >= 11 is 0. The van der Waals surface area contributed by atoms with E-state index in [4.69, 9.17) is 9.47 Å². The minimum Gasteiger partial charge on any atom is -0.465 e. The van der Waals surface area contributed by atoms with E-state index in [2.05, 4.69) is 46.3 Å². The number of likely N-dealkylation sites (tertiary alicyclic amines) is 1. The standard InChI is InChI=1S/C26H28N2O3.2ClH/c1-30-26(29)23-10-5-7-21(17-23)19-31-24-11-6-16-28(18-20-12-14-27-15-13-20)25(24)22-8-3-2-4-9-22;;/h2-5,7-10,12-15,17,24-25H,6,11,16,18-19H2,1H3;2*1H/t24-,25-;;/m1../s1. The highest BCUT2D eigenvalue weighted by atomic mass is 35.5. The second-order valence-electron chi connectivity index (χ2n) is 7.87. The van der Waals surface area contributed by atoms with Crippen LogP contribution in [-0.2, 0) is 22.6 Å². The molecule has 33 heavy (non-hydrogen) atoms. The minimum absolute atomic E-state index is 0. The summed E-state index contributed by atoms with van der Waals surface area (Å²) in [6.07, 6.45) is 5.85. The molecule has 1 fully saturated rings. The lowest BCUT2D eigenvalue weighted by Crippen LogP contribution is -2.42. The van der Waals surface area contributed by atoms with Crippen LogP contribution in [-0.4, -0.2) is 35.6 Å². The Morgan fingerprint density at radius 1 is 1.00 bits per heavy atom. The maximum atomic E-state index is 11.9. The molecular formula is C26H30Cl2N2O3. The normalized spacial score (nSPS) is 18.0. The molecule has 0 aliphatic carbocycles. The predicted octanol–water partition coefficient (Wildman–Crippen LogP) is 5.63. The van der Waals surface area contributed by atoms with Gasteiger partial charge in [-0.2, -0.15) is 0 Å². The van der Waals surface area contributed by atoms with Crippen LogP contribution in [0.3, 0.4) is 0 Å². The van der Waals surface area contributed by atoms with Gasteiger partial charge in [0.15, 0.2) is 0 Å². The molecule has 0 radical (unpaired) electrons. The second kappa shape index (κ2) is 13.3. The number of pyridine rings is 1. The van der Waals surface area contributed by atoms with E-state index < -0.39 is 0 Å². The summed E-state index contributed by atoms with van der Waals surface area (Å²) in [7, 11) is 1.40. The van der Waals surface area contributed by atoms with Gasteiger partial charge in [0, 0.05) is 18.9 Å². The molecule has 1 saturated heterocycles. The molecule has 7 heteroatoms. The number of ether oxygens (including phenoxy) is 2. The summed E-state index contributed by atoms with van der Waals surface area (Å²) in [4.78, 5) is 18.5. The van der Waals surface area contributed by atoms with Crippen LogP contribution in [0.2, 0.25) is 0 Å². The third kappa shape index (κ3) is 7.02. The van der Waals surface area contributed by atoms with Gasteiger partial charge in [-0.1, -0.05) is 42.5 Å². The smallest absolute Gasteiger partial charge is 0.337 e. The number of carbonyl (C=O) groups excluding carboxylic acids is 1. The molecule has 5 nitrogen and oxygen atoms in total. The van der Waals surface area contributed by atoms with Crippen molar-refractivity contribution in [1.82, 2.24) is 9.88 Å². The largest absolute Gasteiger partial charge is 0.465 e. The minimum atomic E-state index is -0.329. The van der Waals surface area contributed by atoms with Crippen LogP contribution in [0.5, 0.6) is 0 Å². The monoisotopic (exact) mass is 488 g/mol. The zero-order valence-corrected chi connectivity index (χ0v) is 20.3. The summed E-state index contributed by atoms with van der Waals surface area (Å²) in [5.74, 6) is -0.329. The highest BCUT2D eigenvalue weighted by Crippen LogP contribution is 2.35. The average molecular weight is 489 g/mol. The molecule has 1 aliphatic rings. The number of rotatable bonds is 7. The fraction of sp³-hybridized carbons (Fsp3) is 0.308. The fourth-order valence-electron chi connectivity index (χ4n) is 4.29. The van der Waals surface area contributed by atoms with Crippen molar-refractivity contribution in [3.8, 4) is 0 Å². The molecule has 2 atom stereocenters. The highest BCUT2D eigenvalue weighted by molar-refractivity contribution is 5.89. The van der Waals surface area contributed by atoms with E-state index in [1.807, 2.05) is 36.7 Å². The van der Waals surface area contributed by atoms with Crippen molar-refractivity contribution >= 4 is 30.8 Å². The Balaban J connectivity index is 0.00000193. The number of esters is 1. The van der Waals surface area contributed by atoms with Crippen molar-refractivity contribution in [2.45, 2.75) is 38.1 Å². The number of hydrogen-bond donors (Lipinski definition) is 0. The number of hydrogen-bond acceptors (Lipinski definition) is 5. The Bertz CT molecular complexity index is 989. The molecule has 1 aliphatic heterocycles. The molecule has 0 spiro atoms. The first-order valence-electron chi connectivity index (χ1n) is 10.7. The van der Waals surface area contributed by atoms with Crippen LogP contribution < -0.4 is 0 Å². The second-order valence-corrected chi connectivity index (χ2v) is 7.87. The first kappa shape index (κ1) is 26.8. The lowest BCUT2D eigenvalue weighted by molar-refractivity contribution is -0.0553. The number of benzene rings is 2. The number of aromatic nitrogens is 1. The van der Waals surface area contributed by atoms with Crippen molar-refractivity contribution in [2.75, 3.05) is 13.7 Å². The zero-order valence-electron chi connectivity index (χ0n) is 18.6. The summed E-state index contributed by atoms with van der Waals surface area (Å²) in [5.41, 5.74) is 4.04. The van der Waals surface area contributed by atoms with Gasteiger partial charge in [0.2, 0.25) is 0 Å². The van der Waals surface area contributed by atoms with Gasteiger partial charge in [0.25, 0.3) is 0 Å². The van der Waals surface area contributed by atoms with Crippen LogP contribution in [0.15, 0.2) is 79.1 Å². The lowest BCUT2D eigenvalue weighted by Gasteiger charge is -2.41. The summed E-state index contributed by atoms with van der Waals surface area (Å²) in [5, 5.41) is 0. The van der Waals surface area contributed by atoms with Crippen molar-refractivity contribution in [2.24, 2.45) is 0 Å². The lowest BCUT2D eigenvalue weighted by atomic mass is 9.91. The van der Waals surface area contributed by atoms with Crippen LogP contribution >= 0.6 is 24.8 Å². The molecule has 0 saturated carbocycles. The van der Waals surface area contributed by atoms with Crippen LogP contribution in [0.4, 0.5) is 0 Å². The Morgan fingerprint density at radius 2 is 1.76 bits per heavy atom. The van der Waals surface area contributed by atoms with E-state index in [1.165, 1.54) is 18.2 Å². The Labute approximate surface area is 207 Å². The number of piperidine rings is 1. The third-order valence-electron chi connectivity index (χ3n) is 5.77. The predicted molar refractivity (Wildman–Crippen MR) is 134 cm³/mol. The van der Waals surface area contributed by atoms with E-state index in [0.29, 0.717) is 12.2 Å². The van der Waals surface area contributed by atoms with Gasteiger partial charge in [-0.05, 0) is 60.3 Å². The molecule has 2 aromatic carbocycles. The van der Waals surface area contributed by atoms with E-state index in [-0.39, 0.29) is 42.9 Å². The summed E-state index contributed by atoms with van der Waals surface area (Å²) in [6, 6.07) is 22.4. The van der Waals surface area contributed by atoms with Crippen molar-refractivity contribution in [3.63, 3.8) is 0 Å². The number of methoxy groups -OCH3 is 1. The van der Waals surface area contributed by atoms with E-state index in [9.17, 15) is 4.79 Å². The Morgan fingerprint density at radius 3 is 2.48 bits per heavy atom. The molecule has 0 unspecified atom stereocenters. The van der Waals surface area contributed by atoms with Crippen molar-refractivity contribution in [1.29, 1.82) is 0 Å². The van der Waals surface area contributed by atoms with E-state index >= 15 is 0 Å². The van der Waals surface area contributed by atoms with Crippen LogP contribution in [0.25, 0.3) is 0 Å². The Kier molecular flexibility index (Phi) is 10.8. The van der Waals surface area contributed by atoms with Gasteiger partial charge >= 0.3 is 5.97 Å². The van der Waals surface area contributed by atoms with E-state index in [0.717, 1.165) is 31.5 Å². The molecule has 2 heterocycles. The molecule has 176 valence electrons. The first-order chi connectivity index (χ1) is 15.2. The maximum absolute atomic E-state index is 11.9. The average Bonchev–Trinajstić information content (AvgIpc) is 2.83. The quantitative estimate of drug-likeness (QED) is 0.403. The number of halogens is 2. The van der Waals surface area contributed by atoms with Crippen LogP contribution in [0, 0.1) is 0 Å². The van der Waals surface area contributed by atoms with Gasteiger partial charge in [-0.3, -0.25) is 9.88 Å². The first-order valence-corrected chi connectivity index (χ1v) is 10.7. The maximum Gasteiger partial charge on any atom is 0.337 e. The van der Waals surface area contributed by atoms with Crippen LogP contribution in [0.1, 0.15) is 45.9 Å². The molecule has 4 rings (SSSR count). The molecule has 3 aromatic rings. The SMILES string of the molecule is COC(=O)c1cccc(CO[C@@H]2CCCN(Cc3ccncc3)[C@@H]2c2ccccc2)c1.Cl.Cl. The molecule has 0 bridgehead atoms. The molecule has 1 aromatic heterocycles. The fourth-order valence-corrected chi connectivity index (χ4v) is 4.29. The van der Waals surface area contributed by atoms with Gasteiger partial charge in [0.1, 0.15) is 0 Å². The van der Waals surface area contributed by atoms with Gasteiger partial charge in [0.05, 0.1) is 31.4 Å². The molecule has 0 amide bonds. The summed E-state index contributed by atoms with van der Waals surface area (Å²) < 4.78 is 11.3. The van der Waals surface area contributed by atoms with Gasteiger partial charge < -0.3 is 9.47 Å². The van der Waals surface area contributed by atoms with E-state index in [1.54, 1.807) is 6.07 Å². The number of carbonyl (C=O) groups is 1. The zero-order chi connectivity index (χ0) is 21.5. The molecular weight excluding hydrogens is 459 g/mol. The number of nitrogens with zero attached hydrogens (tertiary/aromatic N) is 2.